The summed E-state index contributed by atoms with van der Waals surface area (Å²) >= 11 is 0. The molecule has 1 rings (SSSR count). The van der Waals surface area contributed by atoms with Crippen molar-refractivity contribution in [3.8, 4) is 0 Å². The Morgan fingerprint density at radius 1 is 1.05 bits per heavy atom. The maximum absolute atomic E-state index is 11.3. The maximum Gasteiger partial charge on any atom is 0.303 e. The first-order valence-electron chi connectivity index (χ1n) is 7.18. The lowest BCUT2D eigenvalue weighted by Gasteiger charge is -2.41. The third-order valence-corrected chi connectivity index (χ3v) is 3.10. The molecule has 126 valence electrons. The van der Waals surface area contributed by atoms with Gasteiger partial charge in [-0.25, -0.2) is 0 Å². The predicted octanol–water partition coefficient (Wildman–Crippen LogP) is -0.210. The first kappa shape index (κ1) is 18.4. The average molecular weight is 317 g/mol. The van der Waals surface area contributed by atoms with Crippen LogP contribution in [0.1, 0.15) is 27.7 Å². The van der Waals surface area contributed by atoms with E-state index in [1.54, 1.807) is 0 Å². The molecule has 1 unspecified atom stereocenters. The summed E-state index contributed by atoms with van der Waals surface area (Å²) in [6, 6.07) is -0.313. The molecule has 0 amide bonds. The van der Waals surface area contributed by atoms with Gasteiger partial charge in [-0.1, -0.05) is 6.92 Å². The van der Waals surface area contributed by atoms with Gasteiger partial charge in [0.15, 0.2) is 12.2 Å². The lowest BCUT2D eigenvalue weighted by atomic mass is 9.97. The predicted molar refractivity (Wildman–Crippen MR) is 74.9 cm³/mol. The van der Waals surface area contributed by atoms with Crippen molar-refractivity contribution >= 4 is 17.9 Å². The van der Waals surface area contributed by atoms with E-state index in [0.29, 0.717) is 6.54 Å². The van der Waals surface area contributed by atoms with E-state index in [1.807, 2.05) is 6.92 Å². The highest BCUT2D eigenvalue weighted by Crippen LogP contribution is 2.22. The van der Waals surface area contributed by atoms with Gasteiger partial charge in [0.25, 0.3) is 0 Å². The smallest absolute Gasteiger partial charge is 0.303 e. The highest BCUT2D eigenvalue weighted by atomic mass is 16.6. The SMILES string of the molecule is CCN[C@H]1CO[C@H](COC(C)=O)[C@H](OC(C)=O)C1OC(C)=O. The molecule has 0 aromatic heterocycles. The van der Waals surface area contributed by atoms with Crippen molar-refractivity contribution in [2.75, 3.05) is 19.8 Å². The number of carbonyl (C=O) groups is 3. The zero-order chi connectivity index (χ0) is 16.7. The van der Waals surface area contributed by atoms with Gasteiger partial charge in [-0.05, 0) is 6.54 Å². The molecule has 0 bridgehead atoms. The van der Waals surface area contributed by atoms with E-state index in [2.05, 4.69) is 5.32 Å². The zero-order valence-corrected chi connectivity index (χ0v) is 13.3. The summed E-state index contributed by atoms with van der Waals surface area (Å²) in [5.41, 5.74) is 0. The first-order valence-corrected chi connectivity index (χ1v) is 7.18. The van der Waals surface area contributed by atoms with Crippen molar-refractivity contribution in [2.45, 2.75) is 52.0 Å². The molecule has 22 heavy (non-hydrogen) atoms. The molecule has 1 aliphatic heterocycles. The Kier molecular flexibility index (Phi) is 7.26. The van der Waals surface area contributed by atoms with Crippen molar-refractivity contribution in [3.05, 3.63) is 0 Å². The largest absolute Gasteiger partial charge is 0.463 e. The molecule has 1 fully saturated rings. The number of ether oxygens (including phenoxy) is 4. The van der Waals surface area contributed by atoms with Crippen LogP contribution in [0.5, 0.6) is 0 Å². The quantitative estimate of drug-likeness (QED) is 0.530. The van der Waals surface area contributed by atoms with Crippen LogP contribution in [0.2, 0.25) is 0 Å². The maximum atomic E-state index is 11.3. The van der Waals surface area contributed by atoms with E-state index in [0.717, 1.165) is 0 Å². The molecular weight excluding hydrogens is 294 g/mol. The van der Waals surface area contributed by atoms with E-state index >= 15 is 0 Å². The summed E-state index contributed by atoms with van der Waals surface area (Å²) in [5, 5.41) is 3.13. The van der Waals surface area contributed by atoms with E-state index in [9.17, 15) is 14.4 Å². The molecule has 0 spiro atoms. The summed E-state index contributed by atoms with van der Waals surface area (Å²) in [6.07, 6.45) is -2.25. The Labute approximate surface area is 129 Å². The van der Waals surface area contributed by atoms with E-state index in [-0.39, 0.29) is 19.3 Å². The second-order valence-corrected chi connectivity index (χ2v) is 4.99. The fraction of sp³-hybridized carbons (Fsp3) is 0.786. The monoisotopic (exact) mass is 317 g/mol. The molecule has 1 N–H and O–H groups in total. The van der Waals surface area contributed by atoms with Gasteiger partial charge in [-0.15, -0.1) is 0 Å². The standard InChI is InChI=1S/C14H23NO7/c1-5-15-11-6-20-12(7-19-8(2)16)14(22-10(4)18)13(11)21-9(3)17/h11-15H,5-7H2,1-4H3/t11-,12+,13?,14-/m0/s1. The second-order valence-electron chi connectivity index (χ2n) is 4.99. The van der Waals surface area contributed by atoms with Gasteiger partial charge < -0.3 is 24.3 Å². The van der Waals surface area contributed by atoms with Crippen molar-refractivity contribution in [1.29, 1.82) is 0 Å². The Morgan fingerprint density at radius 3 is 2.14 bits per heavy atom. The van der Waals surface area contributed by atoms with Crippen LogP contribution in [0.4, 0.5) is 0 Å². The number of likely N-dealkylation sites (N-methyl/N-ethyl adjacent to an activating group) is 1. The Morgan fingerprint density at radius 2 is 1.64 bits per heavy atom. The van der Waals surface area contributed by atoms with Gasteiger partial charge in [0.2, 0.25) is 0 Å². The van der Waals surface area contributed by atoms with Crippen LogP contribution in [0.3, 0.4) is 0 Å². The molecule has 4 atom stereocenters. The molecule has 0 aromatic carbocycles. The van der Waals surface area contributed by atoms with Gasteiger partial charge >= 0.3 is 17.9 Å². The molecule has 1 saturated heterocycles. The summed E-state index contributed by atoms with van der Waals surface area (Å²) < 4.78 is 21.1. The fourth-order valence-electron chi connectivity index (χ4n) is 2.31. The van der Waals surface area contributed by atoms with Gasteiger partial charge in [0.1, 0.15) is 12.7 Å². The van der Waals surface area contributed by atoms with Crippen molar-refractivity contribution in [1.82, 2.24) is 5.32 Å². The van der Waals surface area contributed by atoms with Crippen molar-refractivity contribution < 1.29 is 33.3 Å². The molecule has 0 saturated carbocycles. The second kappa shape index (κ2) is 8.70. The van der Waals surface area contributed by atoms with Crippen LogP contribution < -0.4 is 5.32 Å². The minimum absolute atomic E-state index is 0.0795. The normalized spacial score (nSPS) is 27.8. The van der Waals surface area contributed by atoms with Gasteiger partial charge in [-0.3, -0.25) is 14.4 Å². The topological polar surface area (TPSA) is 100 Å². The molecule has 0 aromatic rings. The lowest BCUT2D eigenvalue weighted by molar-refractivity contribution is -0.207. The average Bonchev–Trinajstić information content (AvgIpc) is 2.40. The highest BCUT2D eigenvalue weighted by Gasteiger charge is 2.45. The van der Waals surface area contributed by atoms with Crippen LogP contribution in [0.15, 0.2) is 0 Å². The van der Waals surface area contributed by atoms with Gasteiger partial charge in [0.05, 0.1) is 12.6 Å². The van der Waals surface area contributed by atoms with Crippen LogP contribution in [-0.2, 0) is 33.3 Å². The van der Waals surface area contributed by atoms with Crippen molar-refractivity contribution in [3.63, 3.8) is 0 Å². The lowest BCUT2D eigenvalue weighted by Crippen LogP contribution is -2.61. The molecule has 1 aliphatic rings. The van der Waals surface area contributed by atoms with Crippen LogP contribution >= 0.6 is 0 Å². The summed E-state index contributed by atoms with van der Waals surface area (Å²) in [5.74, 6) is -1.49. The minimum atomic E-state index is -0.849. The number of nitrogens with one attached hydrogen (secondary N) is 1. The molecule has 1 heterocycles. The van der Waals surface area contributed by atoms with E-state index < -0.39 is 36.2 Å². The Balaban J connectivity index is 2.92. The minimum Gasteiger partial charge on any atom is -0.463 e. The molecule has 0 aliphatic carbocycles. The van der Waals surface area contributed by atoms with E-state index in [4.69, 9.17) is 18.9 Å². The molecular formula is C14H23NO7. The first-order chi connectivity index (χ1) is 10.3. The third kappa shape index (κ3) is 5.61. The molecule has 0 radical (unpaired) electrons. The van der Waals surface area contributed by atoms with Crippen LogP contribution in [0.25, 0.3) is 0 Å². The number of hydrogen-bond acceptors (Lipinski definition) is 8. The van der Waals surface area contributed by atoms with Gasteiger partial charge in [0, 0.05) is 20.8 Å². The third-order valence-electron chi connectivity index (χ3n) is 3.10. The van der Waals surface area contributed by atoms with Gasteiger partial charge in [-0.2, -0.15) is 0 Å². The highest BCUT2D eigenvalue weighted by molar-refractivity contribution is 5.67. The zero-order valence-electron chi connectivity index (χ0n) is 13.3. The summed E-state index contributed by atoms with van der Waals surface area (Å²) in [7, 11) is 0. The Hall–Kier alpha value is -1.67. The number of carbonyl (C=O) groups excluding carboxylic acids is 3. The van der Waals surface area contributed by atoms with Crippen molar-refractivity contribution in [2.24, 2.45) is 0 Å². The van der Waals surface area contributed by atoms with E-state index in [1.165, 1.54) is 20.8 Å². The van der Waals surface area contributed by atoms with Crippen LogP contribution in [-0.4, -0.2) is 62.0 Å². The fourth-order valence-corrected chi connectivity index (χ4v) is 2.31. The number of esters is 3. The number of hydrogen-bond donors (Lipinski definition) is 1. The molecule has 8 nitrogen and oxygen atoms in total. The Bertz CT molecular complexity index is 412. The summed E-state index contributed by atoms with van der Waals surface area (Å²) in [4.78, 5) is 33.7. The van der Waals surface area contributed by atoms with Crippen LogP contribution in [0, 0.1) is 0 Å². The summed E-state index contributed by atoms with van der Waals surface area (Å²) in [6.45, 7) is 6.51. The number of rotatable bonds is 6. The molecule has 8 heteroatoms.